The smallest absolute Gasteiger partial charge is 0.304 e. The van der Waals surface area contributed by atoms with Crippen molar-refractivity contribution in [1.82, 2.24) is 15.3 Å². The number of pyridine rings is 1. The lowest BCUT2D eigenvalue weighted by Crippen LogP contribution is -2.23. The molecule has 8 heteroatoms. The Morgan fingerprint density at radius 3 is 2.57 bits per heavy atom. The Balaban J connectivity index is 2.31. The lowest BCUT2D eigenvalue weighted by atomic mass is 10.1. The minimum Gasteiger partial charge on any atom is -0.304 e. The fourth-order valence-corrected chi connectivity index (χ4v) is 2.73. The van der Waals surface area contributed by atoms with Crippen LogP contribution in [-0.4, -0.2) is 16.5 Å². The van der Waals surface area contributed by atoms with Gasteiger partial charge in [-0.05, 0) is 25.1 Å². The molecule has 0 aromatic carbocycles. The largest absolute Gasteiger partial charge is 0.443 e. The normalized spacial score (nSPS) is 13.4. The lowest BCUT2D eigenvalue weighted by Gasteiger charge is -2.16. The third-order valence-electron chi connectivity index (χ3n) is 2.70. The molecule has 0 saturated carbocycles. The molecule has 2 aromatic rings. The van der Waals surface area contributed by atoms with Crippen molar-refractivity contribution < 1.29 is 13.2 Å². The summed E-state index contributed by atoms with van der Waals surface area (Å²) < 4.78 is 38.0. The van der Waals surface area contributed by atoms with Gasteiger partial charge in [0, 0.05) is 17.3 Å². The monoisotopic (exact) mass is 335 g/mol. The van der Waals surface area contributed by atoms with Gasteiger partial charge in [-0.25, -0.2) is 4.98 Å². The maximum absolute atomic E-state index is 12.7. The summed E-state index contributed by atoms with van der Waals surface area (Å²) in [6.07, 6.45) is -0.846. The summed E-state index contributed by atoms with van der Waals surface area (Å²) >= 11 is 6.42. The molecule has 0 spiro atoms. The summed E-state index contributed by atoms with van der Waals surface area (Å²) in [5.74, 6) is 0. The Hall–Kier alpha value is -1.18. The highest BCUT2D eigenvalue weighted by Gasteiger charge is 2.35. The van der Waals surface area contributed by atoms with Crippen LogP contribution >= 0.6 is 22.9 Å². The Kier molecular flexibility index (Phi) is 5.18. The van der Waals surface area contributed by atoms with Gasteiger partial charge >= 0.3 is 6.18 Å². The average molecular weight is 336 g/mol. The predicted octanol–water partition coefficient (Wildman–Crippen LogP) is 4.30. The molecule has 3 nitrogen and oxygen atoms in total. The van der Waals surface area contributed by atoms with Crippen LogP contribution in [0.2, 0.25) is 5.02 Å². The maximum atomic E-state index is 12.7. The number of halogens is 4. The zero-order valence-corrected chi connectivity index (χ0v) is 12.7. The number of hydrogen-bond donors (Lipinski definition) is 1. The second-order valence-corrected chi connectivity index (χ2v) is 5.85. The van der Waals surface area contributed by atoms with Crippen molar-refractivity contribution in [2.24, 2.45) is 0 Å². The molecule has 2 heterocycles. The van der Waals surface area contributed by atoms with E-state index in [1.807, 2.05) is 6.92 Å². The van der Waals surface area contributed by atoms with Gasteiger partial charge in [0.15, 0.2) is 5.01 Å². The van der Waals surface area contributed by atoms with Crippen LogP contribution in [0.4, 0.5) is 13.2 Å². The van der Waals surface area contributed by atoms with Gasteiger partial charge in [0.2, 0.25) is 0 Å². The van der Waals surface area contributed by atoms with Crippen LogP contribution in [-0.2, 0) is 6.18 Å². The second-order valence-electron chi connectivity index (χ2n) is 4.35. The quantitative estimate of drug-likeness (QED) is 0.885. The Morgan fingerprint density at radius 2 is 2.05 bits per heavy atom. The number of nitrogens with zero attached hydrogens (tertiary/aromatic N) is 2. The van der Waals surface area contributed by atoms with E-state index in [1.165, 1.54) is 12.4 Å². The van der Waals surface area contributed by atoms with Crippen LogP contribution in [0.5, 0.6) is 0 Å². The molecule has 1 atom stereocenters. The number of thiazole rings is 1. The van der Waals surface area contributed by atoms with E-state index in [4.69, 9.17) is 11.6 Å². The van der Waals surface area contributed by atoms with Gasteiger partial charge < -0.3 is 5.32 Å². The molecule has 0 amide bonds. The zero-order chi connectivity index (χ0) is 15.5. The highest BCUT2D eigenvalue weighted by atomic mass is 35.5. The minimum atomic E-state index is -4.42. The molecular formula is C13H13ClF3N3S. The van der Waals surface area contributed by atoms with Crippen LogP contribution in [0.3, 0.4) is 0 Å². The van der Waals surface area contributed by atoms with Crippen molar-refractivity contribution in [3.8, 4) is 0 Å². The van der Waals surface area contributed by atoms with E-state index in [0.29, 0.717) is 33.5 Å². The fourth-order valence-electron chi connectivity index (χ4n) is 1.75. The predicted molar refractivity (Wildman–Crippen MR) is 76.5 cm³/mol. The first-order valence-electron chi connectivity index (χ1n) is 6.29. The molecule has 2 rings (SSSR count). The first-order valence-corrected chi connectivity index (χ1v) is 7.49. The summed E-state index contributed by atoms with van der Waals surface area (Å²) in [6.45, 7) is 2.64. The lowest BCUT2D eigenvalue weighted by molar-refractivity contribution is -0.137. The minimum absolute atomic E-state index is 0.421. The molecule has 114 valence electrons. The van der Waals surface area contributed by atoms with Gasteiger partial charge in [-0.2, -0.15) is 13.2 Å². The molecule has 2 aromatic heterocycles. The van der Waals surface area contributed by atoms with E-state index in [-0.39, 0.29) is 0 Å². The molecule has 1 N–H and O–H groups in total. The van der Waals surface area contributed by atoms with Crippen molar-refractivity contribution in [3.05, 3.63) is 45.1 Å². The Morgan fingerprint density at radius 1 is 1.29 bits per heavy atom. The van der Waals surface area contributed by atoms with E-state index < -0.39 is 17.2 Å². The number of rotatable bonds is 5. The molecule has 0 fully saturated rings. The molecule has 1 unspecified atom stereocenters. The van der Waals surface area contributed by atoms with E-state index >= 15 is 0 Å². The summed E-state index contributed by atoms with van der Waals surface area (Å²) in [6, 6.07) is 2.94. The van der Waals surface area contributed by atoms with Crippen LogP contribution in [0, 0.1) is 0 Å². The van der Waals surface area contributed by atoms with Gasteiger partial charge in [-0.1, -0.05) is 18.5 Å². The fraction of sp³-hybridized carbons (Fsp3) is 0.385. The third-order valence-corrected chi connectivity index (χ3v) is 4.03. The van der Waals surface area contributed by atoms with E-state index in [0.717, 1.165) is 6.42 Å². The second kappa shape index (κ2) is 6.72. The molecule has 0 saturated heterocycles. The van der Waals surface area contributed by atoms with Crippen molar-refractivity contribution in [2.45, 2.75) is 25.6 Å². The maximum Gasteiger partial charge on any atom is 0.443 e. The van der Waals surface area contributed by atoms with Crippen molar-refractivity contribution in [3.63, 3.8) is 0 Å². The van der Waals surface area contributed by atoms with Crippen molar-refractivity contribution in [2.75, 3.05) is 6.54 Å². The van der Waals surface area contributed by atoms with Crippen LogP contribution in [0.1, 0.15) is 35.0 Å². The SMILES string of the molecule is CCCNC(c1ccc(Cl)cn1)c1cnc(C(F)(F)F)s1. The first kappa shape index (κ1) is 16.2. The van der Waals surface area contributed by atoms with Crippen molar-refractivity contribution in [1.29, 1.82) is 0 Å². The average Bonchev–Trinajstić information content (AvgIpc) is 2.91. The van der Waals surface area contributed by atoms with Crippen LogP contribution in [0.25, 0.3) is 0 Å². The highest BCUT2D eigenvalue weighted by Crippen LogP contribution is 2.35. The Bertz CT molecular complexity index is 583. The molecule has 0 aliphatic carbocycles. The molecule has 21 heavy (non-hydrogen) atoms. The van der Waals surface area contributed by atoms with E-state index in [1.54, 1.807) is 12.1 Å². The standard InChI is InChI=1S/C13H13ClF3N3S/c1-2-5-18-11(9-4-3-8(14)6-19-9)10-7-20-12(21-10)13(15,16)17/h3-4,6-7,11,18H,2,5H2,1H3. The molecule has 0 radical (unpaired) electrons. The molecule has 0 bridgehead atoms. The van der Waals surface area contributed by atoms with Crippen LogP contribution in [0.15, 0.2) is 24.5 Å². The van der Waals surface area contributed by atoms with Gasteiger partial charge in [-0.3, -0.25) is 4.98 Å². The van der Waals surface area contributed by atoms with Crippen molar-refractivity contribution >= 4 is 22.9 Å². The summed E-state index contributed by atoms with van der Waals surface area (Å²) in [5.41, 5.74) is 0.616. The van der Waals surface area contributed by atoms with E-state index in [2.05, 4.69) is 15.3 Å². The Labute approximate surface area is 129 Å². The summed E-state index contributed by atoms with van der Waals surface area (Å²) in [5, 5.41) is 2.81. The molecule has 0 aliphatic heterocycles. The number of alkyl halides is 3. The third kappa shape index (κ3) is 4.15. The summed E-state index contributed by atoms with van der Waals surface area (Å²) in [7, 11) is 0. The van der Waals surface area contributed by atoms with Gasteiger partial charge in [0.25, 0.3) is 0 Å². The first-order chi connectivity index (χ1) is 9.91. The number of aromatic nitrogens is 2. The topological polar surface area (TPSA) is 37.8 Å². The molecule has 0 aliphatic rings. The van der Waals surface area contributed by atoms with Gasteiger partial charge in [0.1, 0.15) is 0 Å². The summed E-state index contributed by atoms with van der Waals surface area (Å²) in [4.78, 5) is 8.12. The van der Waals surface area contributed by atoms with E-state index in [9.17, 15) is 13.2 Å². The number of nitrogens with one attached hydrogen (secondary N) is 1. The van der Waals surface area contributed by atoms with Crippen LogP contribution < -0.4 is 5.32 Å². The number of hydrogen-bond acceptors (Lipinski definition) is 4. The molecular weight excluding hydrogens is 323 g/mol. The van der Waals surface area contributed by atoms with Gasteiger partial charge in [0.05, 0.1) is 16.8 Å². The van der Waals surface area contributed by atoms with Gasteiger partial charge in [-0.15, -0.1) is 11.3 Å². The zero-order valence-electron chi connectivity index (χ0n) is 11.1. The highest BCUT2D eigenvalue weighted by molar-refractivity contribution is 7.11.